The van der Waals surface area contributed by atoms with Crippen LogP contribution in [0.2, 0.25) is 0 Å². The Balaban J connectivity index is 1.66. The molecule has 1 N–H and O–H groups in total. The first kappa shape index (κ1) is 17.4. The third kappa shape index (κ3) is 3.83. The van der Waals surface area contributed by atoms with E-state index in [9.17, 15) is 13.2 Å². The van der Waals surface area contributed by atoms with E-state index >= 15 is 0 Å². The maximum Gasteiger partial charge on any atom is 0.414 e. The van der Waals surface area contributed by atoms with Gasteiger partial charge in [-0.2, -0.15) is 0 Å². The van der Waals surface area contributed by atoms with Crippen molar-refractivity contribution in [1.82, 2.24) is 4.72 Å². The van der Waals surface area contributed by atoms with E-state index in [0.717, 1.165) is 11.3 Å². The van der Waals surface area contributed by atoms with Gasteiger partial charge in [-0.25, -0.2) is 17.9 Å². The molecule has 2 aromatic carbocycles. The third-order valence-corrected chi connectivity index (χ3v) is 5.69. The summed E-state index contributed by atoms with van der Waals surface area (Å²) in [5.74, 6) is 0. The second-order valence-corrected chi connectivity index (χ2v) is 7.80. The van der Waals surface area contributed by atoms with E-state index in [2.05, 4.69) is 4.72 Å². The molecule has 3 rings (SSSR count). The van der Waals surface area contributed by atoms with Crippen molar-refractivity contribution in [2.75, 3.05) is 18.0 Å². The summed E-state index contributed by atoms with van der Waals surface area (Å²) in [6.45, 7) is 4.04. The lowest BCUT2D eigenvalue weighted by atomic mass is 10.2. The van der Waals surface area contributed by atoms with Gasteiger partial charge in [-0.05, 0) is 37.6 Å². The lowest BCUT2D eigenvalue weighted by Crippen LogP contribution is -2.34. The number of rotatable bonds is 5. The predicted molar refractivity (Wildman–Crippen MR) is 95.2 cm³/mol. The fourth-order valence-corrected chi connectivity index (χ4v) is 4.01. The molecule has 1 fully saturated rings. The van der Waals surface area contributed by atoms with Gasteiger partial charge in [0.15, 0.2) is 0 Å². The minimum absolute atomic E-state index is 0.0325. The molecule has 1 unspecified atom stereocenters. The Morgan fingerprint density at radius 1 is 1.12 bits per heavy atom. The van der Waals surface area contributed by atoms with Crippen molar-refractivity contribution < 1.29 is 17.9 Å². The van der Waals surface area contributed by atoms with Gasteiger partial charge in [0.1, 0.15) is 6.10 Å². The number of cyclic esters (lactones) is 1. The van der Waals surface area contributed by atoms with Gasteiger partial charge in [-0.3, -0.25) is 4.90 Å². The number of nitrogens with zero attached hydrogens (tertiary/aromatic N) is 1. The molecular formula is C18H20N2O4S. The summed E-state index contributed by atoms with van der Waals surface area (Å²) in [5, 5.41) is 0. The number of benzene rings is 2. The number of nitrogens with one attached hydrogen (secondary N) is 1. The molecule has 7 heteroatoms. The van der Waals surface area contributed by atoms with Gasteiger partial charge in [-0.15, -0.1) is 0 Å². The largest absolute Gasteiger partial charge is 0.443 e. The van der Waals surface area contributed by atoms with Crippen LogP contribution in [-0.4, -0.2) is 33.7 Å². The van der Waals surface area contributed by atoms with Crippen LogP contribution in [0.15, 0.2) is 53.4 Å². The molecule has 2 aromatic rings. The zero-order valence-electron chi connectivity index (χ0n) is 14.1. The third-order valence-electron chi connectivity index (χ3n) is 4.10. The van der Waals surface area contributed by atoms with Crippen LogP contribution in [0, 0.1) is 13.8 Å². The Labute approximate surface area is 147 Å². The summed E-state index contributed by atoms with van der Waals surface area (Å²) in [6, 6.07) is 14.3. The Bertz CT molecular complexity index is 878. The molecule has 0 saturated carbocycles. The SMILES string of the molecule is Cc1ccc(N2CC(CNS(=O)(=O)c3ccccc3C)OC2=O)cc1. The van der Waals surface area contributed by atoms with Crippen LogP contribution in [0.25, 0.3) is 0 Å². The molecule has 1 amide bonds. The van der Waals surface area contributed by atoms with Gasteiger partial charge in [0.05, 0.1) is 11.4 Å². The van der Waals surface area contributed by atoms with Crippen molar-refractivity contribution in [2.24, 2.45) is 0 Å². The number of sulfonamides is 1. The summed E-state index contributed by atoms with van der Waals surface area (Å²) < 4.78 is 32.6. The van der Waals surface area contributed by atoms with Crippen LogP contribution < -0.4 is 9.62 Å². The number of amides is 1. The van der Waals surface area contributed by atoms with Crippen molar-refractivity contribution in [2.45, 2.75) is 24.8 Å². The Hall–Kier alpha value is -2.38. The maximum atomic E-state index is 12.4. The molecule has 1 heterocycles. The van der Waals surface area contributed by atoms with Gasteiger partial charge in [0.25, 0.3) is 0 Å². The molecule has 1 aliphatic heterocycles. The number of hydrogen-bond acceptors (Lipinski definition) is 4. The lowest BCUT2D eigenvalue weighted by molar-refractivity contribution is 0.143. The smallest absolute Gasteiger partial charge is 0.414 e. The van der Waals surface area contributed by atoms with Crippen LogP contribution in [0.1, 0.15) is 11.1 Å². The summed E-state index contributed by atoms with van der Waals surface area (Å²) >= 11 is 0. The Morgan fingerprint density at radius 2 is 1.80 bits per heavy atom. The van der Waals surface area contributed by atoms with E-state index in [1.807, 2.05) is 31.2 Å². The van der Waals surface area contributed by atoms with E-state index in [-0.39, 0.29) is 11.4 Å². The summed E-state index contributed by atoms with van der Waals surface area (Å²) in [4.78, 5) is 13.8. The molecule has 0 bridgehead atoms. The molecule has 0 aliphatic carbocycles. The summed E-state index contributed by atoms with van der Waals surface area (Å²) in [5.41, 5.74) is 2.50. The van der Waals surface area contributed by atoms with Gasteiger partial charge in [0, 0.05) is 12.2 Å². The molecule has 1 atom stereocenters. The van der Waals surface area contributed by atoms with Crippen LogP contribution in [0.5, 0.6) is 0 Å². The molecular weight excluding hydrogens is 340 g/mol. The second kappa shape index (κ2) is 6.85. The monoisotopic (exact) mass is 360 g/mol. The van der Waals surface area contributed by atoms with Gasteiger partial charge in [0.2, 0.25) is 10.0 Å². The summed E-state index contributed by atoms with van der Waals surface area (Å²) in [6.07, 6.45) is -1.00. The van der Waals surface area contributed by atoms with Gasteiger partial charge < -0.3 is 4.74 Å². The lowest BCUT2D eigenvalue weighted by Gasteiger charge is -2.14. The van der Waals surface area contributed by atoms with E-state index in [1.165, 1.54) is 4.90 Å². The van der Waals surface area contributed by atoms with Crippen molar-refractivity contribution >= 4 is 21.8 Å². The normalized spacial score (nSPS) is 17.6. The molecule has 0 radical (unpaired) electrons. The van der Waals surface area contributed by atoms with E-state index < -0.39 is 22.2 Å². The molecule has 0 aromatic heterocycles. The van der Waals surface area contributed by atoms with Crippen molar-refractivity contribution in [3.05, 3.63) is 59.7 Å². The van der Waals surface area contributed by atoms with Crippen molar-refractivity contribution in [1.29, 1.82) is 0 Å². The molecule has 1 saturated heterocycles. The number of aryl methyl sites for hydroxylation is 2. The van der Waals surface area contributed by atoms with E-state index in [0.29, 0.717) is 12.1 Å². The molecule has 25 heavy (non-hydrogen) atoms. The van der Waals surface area contributed by atoms with Crippen LogP contribution in [0.4, 0.5) is 10.5 Å². The highest BCUT2D eigenvalue weighted by atomic mass is 32.2. The van der Waals surface area contributed by atoms with E-state index in [4.69, 9.17) is 4.74 Å². The maximum absolute atomic E-state index is 12.4. The van der Waals surface area contributed by atoms with Crippen LogP contribution in [-0.2, 0) is 14.8 Å². The van der Waals surface area contributed by atoms with Crippen molar-refractivity contribution in [3.8, 4) is 0 Å². The standard InChI is InChI=1S/C18H20N2O4S/c1-13-7-9-15(10-8-13)20-12-16(24-18(20)21)11-19-25(22,23)17-6-4-3-5-14(17)2/h3-10,16,19H,11-12H2,1-2H3. The quantitative estimate of drug-likeness (QED) is 0.889. The second-order valence-electron chi connectivity index (χ2n) is 6.07. The molecule has 0 spiro atoms. The average Bonchev–Trinajstić information content (AvgIpc) is 2.95. The number of carbonyl (C=O) groups is 1. The number of anilines is 1. The first-order chi connectivity index (χ1) is 11.9. The number of carbonyl (C=O) groups excluding carboxylic acids is 1. The van der Waals surface area contributed by atoms with E-state index in [1.54, 1.807) is 31.2 Å². The fourth-order valence-electron chi connectivity index (χ4n) is 2.70. The molecule has 1 aliphatic rings. The molecule has 6 nitrogen and oxygen atoms in total. The van der Waals surface area contributed by atoms with Crippen LogP contribution >= 0.6 is 0 Å². The topological polar surface area (TPSA) is 75.7 Å². The highest BCUT2D eigenvalue weighted by molar-refractivity contribution is 7.89. The highest BCUT2D eigenvalue weighted by Crippen LogP contribution is 2.22. The van der Waals surface area contributed by atoms with Crippen LogP contribution in [0.3, 0.4) is 0 Å². The first-order valence-corrected chi connectivity index (χ1v) is 9.45. The van der Waals surface area contributed by atoms with Gasteiger partial charge >= 0.3 is 6.09 Å². The predicted octanol–water partition coefficient (Wildman–Crippen LogP) is 2.61. The summed E-state index contributed by atoms with van der Waals surface area (Å²) in [7, 11) is -3.64. The highest BCUT2D eigenvalue weighted by Gasteiger charge is 2.33. The zero-order chi connectivity index (χ0) is 18.0. The Kier molecular flexibility index (Phi) is 4.78. The number of ether oxygens (including phenoxy) is 1. The first-order valence-electron chi connectivity index (χ1n) is 7.97. The minimum Gasteiger partial charge on any atom is -0.443 e. The van der Waals surface area contributed by atoms with Crippen molar-refractivity contribution in [3.63, 3.8) is 0 Å². The minimum atomic E-state index is -3.64. The fraction of sp³-hybridized carbons (Fsp3) is 0.278. The zero-order valence-corrected chi connectivity index (χ0v) is 14.9. The molecule has 132 valence electrons. The Morgan fingerprint density at radius 3 is 2.48 bits per heavy atom. The average molecular weight is 360 g/mol. The van der Waals surface area contributed by atoms with Gasteiger partial charge in [-0.1, -0.05) is 35.9 Å². The number of hydrogen-bond donors (Lipinski definition) is 1.